The van der Waals surface area contributed by atoms with Crippen molar-refractivity contribution in [3.63, 3.8) is 0 Å². The van der Waals surface area contributed by atoms with E-state index < -0.39 is 11.8 Å². The SMILES string of the molecule is O=C(NO)C1Cc2ccc(F)cc21. The van der Waals surface area contributed by atoms with Crippen molar-refractivity contribution in [2.24, 2.45) is 0 Å². The smallest absolute Gasteiger partial charge is 0.251 e. The van der Waals surface area contributed by atoms with Gasteiger partial charge in [0.05, 0.1) is 5.92 Å². The van der Waals surface area contributed by atoms with Gasteiger partial charge in [0.15, 0.2) is 0 Å². The highest BCUT2D eigenvalue weighted by Gasteiger charge is 2.32. The van der Waals surface area contributed by atoms with Gasteiger partial charge in [0.2, 0.25) is 0 Å². The molecule has 13 heavy (non-hydrogen) atoms. The molecule has 1 unspecified atom stereocenters. The highest BCUT2D eigenvalue weighted by molar-refractivity contribution is 5.85. The first kappa shape index (κ1) is 8.19. The largest absolute Gasteiger partial charge is 0.289 e. The average molecular weight is 181 g/mol. The van der Waals surface area contributed by atoms with Gasteiger partial charge >= 0.3 is 0 Å². The summed E-state index contributed by atoms with van der Waals surface area (Å²) in [4.78, 5) is 11.0. The maximum Gasteiger partial charge on any atom is 0.251 e. The van der Waals surface area contributed by atoms with Gasteiger partial charge in [0.1, 0.15) is 5.82 Å². The molecule has 0 heterocycles. The summed E-state index contributed by atoms with van der Waals surface area (Å²) >= 11 is 0. The summed E-state index contributed by atoms with van der Waals surface area (Å²) < 4.78 is 12.7. The number of halogens is 1. The second-order valence-corrected chi connectivity index (χ2v) is 3.08. The Morgan fingerprint density at radius 3 is 3.08 bits per heavy atom. The van der Waals surface area contributed by atoms with Crippen LogP contribution in [0, 0.1) is 5.82 Å². The summed E-state index contributed by atoms with van der Waals surface area (Å²) in [6, 6.07) is 4.36. The molecule has 4 heteroatoms. The molecule has 0 spiro atoms. The number of fused-ring (bicyclic) bond motifs is 1. The number of carbonyl (C=O) groups is 1. The number of hydrogen-bond donors (Lipinski definition) is 2. The van der Waals surface area contributed by atoms with E-state index in [2.05, 4.69) is 0 Å². The molecule has 0 saturated carbocycles. The Hall–Kier alpha value is -1.42. The quantitative estimate of drug-likeness (QED) is 0.501. The van der Waals surface area contributed by atoms with Gasteiger partial charge in [-0.05, 0) is 29.7 Å². The van der Waals surface area contributed by atoms with Crippen LogP contribution in [0.3, 0.4) is 0 Å². The summed E-state index contributed by atoms with van der Waals surface area (Å²) in [6.07, 6.45) is 0.571. The lowest BCUT2D eigenvalue weighted by Crippen LogP contribution is -2.33. The third-order valence-corrected chi connectivity index (χ3v) is 2.33. The Morgan fingerprint density at radius 2 is 2.38 bits per heavy atom. The van der Waals surface area contributed by atoms with E-state index in [0.29, 0.717) is 12.0 Å². The van der Waals surface area contributed by atoms with Gasteiger partial charge < -0.3 is 0 Å². The summed E-state index contributed by atoms with van der Waals surface area (Å²) in [5.74, 6) is -1.22. The molecule has 68 valence electrons. The number of hydroxylamine groups is 1. The highest BCUT2D eigenvalue weighted by atomic mass is 19.1. The fraction of sp³-hybridized carbons (Fsp3) is 0.222. The van der Waals surface area contributed by atoms with Crippen molar-refractivity contribution in [3.8, 4) is 0 Å². The lowest BCUT2D eigenvalue weighted by Gasteiger charge is -2.27. The Balaban J connectivity index is 2.30. The lowest BCUT2D eigenvalue weighted by atomic mass is 9.77. The Labute approximate surface area is 74.1 Å². The predicted octanol–water partition coefficient (Wildman–Crippen LogP) is 0.971. The monoisotopic (exact) mass is 181 g/mol. The average Bonchev–Trinajstić information content (AvgIpc) is 2.10. The van der Waals surface area contributed by atoms with Crippen LogP contribution in [0.25, 0.3) is 0 Å². The van der Waals surface area contributed by atoms with Crippen LogP contribution in [0.4, 0.5) is 4.39 Å². The van der Waals surface area contributed by atoms with Crippen molar-refractivity contribution in [2.75, 3.05) is 0 Å². The summed E-state index contributed by atoms with van der Waals surface area (Å²) in [6.45, 7) is 0. The van der Waals surface area contributed by atoms with Crippen LogP contribution in [-0.4, -0.2) is 11.1 Å². The van der Waals surface area contributed by atoms with Crippen molar-refractivity contribution in [2.45, 2.75) is 12.3 Å². The van der Waals surface area contributed by atoms with Gasteiger partial charge in [0.25, 0.3) is 5.91 Å². The minimum absolute atomic E-state index is 0.353. The molecule has 1 amide bonds. The zero-order valence-electron chi connectivity index (χ0n) is 6.75. The number of carbonyl (C=O) groups excluding carboxylic acids is 1. The molecule has 1 aliphatic rings. The van der Waals surface area contributed by atoms with Gasteiger partial charge in [-0.2, -0.15) is 0 Å². The molecule has 2 N–H and O–H groups in total. The van der Waals surface area contributed by atoms with E-state index in [0.717, 1.165) is 5.56 Å². The first-order valence-corrected chi connectivity index (χ1v) is 3.94. The van der Waals surface area contributed by atoms with Gasteiger partial charge in [-0.3, -0.25) is 10.0 Å². The van der Waals surface area contributed by atoms with Crippen molar-refractivity contribution in [3.05, 3.63) is 35.1 Å². The Morgan fingerprint density at radius 1 is 1.62 bits per heavy atom. The van der Waals surface area contributed by atoms with E-state index in [1.807, 2.05) is 0 Å². The number of amides is 1. The minimum atomic E-state index is -0.474. The van der Waals surface area contributed by atoms with Crippen molar-refractivity contribution in [1.29, 1.82) is 0 Å². The fourth-order valence-corrected chi connectivity index (χ4v) is 1.59. The normalized spacial score (nSPS) is 18.8. The van der Waals surface area contributed by atoms with E-state index in [4.69, 9.17) is 5.21 Å². The third-order valence-electron chi connectivity index (χ3n) is 2.33. The Kier molecular flexibility index (Phi) is 1.77. The molecular formula is C9H8FNO2. The predicted molar refractivity (Wildman–Crippen MR) is 42.8 cm³/mol. The molecular weight excluding hydrogens is 173 g/mol. The van der Waals surface area contributed by atoms with E-state index in [1.165, 1.54) is 12.1 Å². The molecule has 0 aromatic heterocycles. The standard InChI is InChI=1S/C9H8FNO2/c10-6-2-1-5-3-8(7(5)4-6)9(12)11-13/h1-2,4,8,13H,3H2,(H,11,12). The molecule has 0 aliphatic heterocycles. The number of nitrogens with one attached hydrogen (secondary N) is 1. The van der Waals surface area contributed by atoms with E-state index in [1.54, 1.807) is 11.5 Å². The van der Waals surface area contributed by atoms with Crippen molar-refractivity contribution >= 4 is 5.91 Å². The fourth-order valence-electron chi connectivity index (χ4n) is 1.59. The summed E-state index contributed by atoms with van der Waals surface area (Å²) in [5.41, 5.74) is 3.21. The molecule has 3 nitrogen and oxygen atoms in total. The number of hydrogen-bond acceptors (Lipinski definition) is 2. The molecule has 1 aromatic carbocycles. The molecule has 0 bridgehead atoms. The van der Waals surface area contributed by atoms with Crippen LogP contribution in [0.1, 0.15) is 17.0 Å². The molecule has 0 saturated heterocycles. The molecule has 1 atom stereocenters. The highest BCUT2D eigenvalue weighted by Crippen LogP contribution is 2.35. The zero-order valence-corrected chi connectivity index (χ0v) is 6.75. The first-order valence-electron chi connectivity index (χ1n) is 3.94. The number of rotatable bonds is 1. The van der Waals surface area contributed by atoms with Gasteiger partial charge in [0, 0.05) is 0 Å². The van der Waals surface area contributed by atoms with Gasteiger partial charge in [-0.1, -0.05) is 6.07 Å². The second-order valence-electron chi connectivity index (χ2n) is 3.08. The Bertz CT molecular complexity index is 365. The van der Waals surface area contributed by atoms with Gasteiger partial charge in [-0.15, -0.1) is 0 Å². The van der Waals surface area contributed by atoms with Crippen LogP contribution in [0.2, 0.25) is 0 Å². The van der Waals surface area contributed by atoms with Crippen LogP contribution >= 0.6 is 0 Å². The van der Waals surface area contributed by atoms with Crippen LogP contribution in [0.5, 0.6) is 0 Å². The molecule has 0 radical (unpaired) electrons. The van der Waals surface area contributed by atoms with Crippen LogP contribution in [0.15, 0.2) is 18.2 Å². The molecule has 1 aliphatic carbocycles. The zero-order chi connectivity index (χ0) is 9.42. The van der Waals surface area contributed by atoms with Crippen LogP contribution in [-0.2, 0) is 11.2 Å². The third kappa shape index (κ3) is 1.19. The van der Waals surface area contributed by atoms with E-state index in [-0.39, 0.29) is 5.82 Å². The number of benzene rings is 1. The topological polar surface area (TPSA) is 49.3 Å². The second kappa shape index (κ2) is 2.81. The maximum atomic E-state index is 12.7. The van der Waals surface area contributed by atoms with Crippen LogP contribution < -0.4 is 5.48 Å². The van der Waals surface area contributed by atoms with E-state index in [9.17, 15) is 9.18 Å². The molecule has 1 aromatic rings. The summed E-state index contributed by atoms with van der Waals surface area (Å²) in [5, 5.41) is 8.37. The maximum absolute atomic E-state index is 12.7. The van der Waals surface area contributed by atoms with E-state index >= 15 is 0 Å². The van der Waals surface area contributed by atoms with Crippen molar-refractivity contribution < 1.29 is 14.4 Å². The summed E-state index contributed by atoms with van der Waals surface area (Å²) in [7, 11) is 0. The molecule has 2 rings (SSSR count). The molecule has 0 fully saturated rings. The minimum Gasteiger partial charge on any atom is -0.289 e. The lowest BCUT2D eigenvalue weighted by molar-refractivity contribution is -0.131. The first-order chi connectivity index (χ1) is 6.22. The van der Waals surface area contributed by atoms with Crippen molar-refractivity contribution in [1.82, 2.24) is 5.48 Å². The van der Waals surface area contributed by atoms with Gasteiger partial charge in [-0.25, -0.2) is 9.87 Å².